The van der Waals surface area contributed by atoms with Crippen LogP contribution in [0.3, 0.4) is 0 Å². The highest BCUT2D eigenvalue weighted by Gasteiger charge is 2.12. The summed E-state index contributed by atoms with van der Waals surface area (Å²) in [6.45, 7) is 0. The molecule has 1 aromatic heterocycles. The number of halogens is 2. The maximum Gasteiger partial charge on any atom is 0.470 e. The first-order valence-electron chi connectivity index (χ1n) is 2.43. The van der Waals surface area contributed by atoms with Gasteiger partial charge in [-0.2, -0.15) is 0 Å². The molecule has 0 unspecified atom stereocenters. The maximum atomic E-state index is 10.0. The Balaban J connectivity index is 3.15. The molecule has 0 bridgehead atoms. The Kier molecular flexibility index (Phi) is 2.21. The molecule has 5 nitrogen and oxygen atoms in total. The van der Waals surface area contributed by atoms with Crippen LogP contribution in [0.15, 0.2) is 6.20 Å². The van der Waals surface area contributed by atoms with Crippen LogP contribution in [0.2, 0.25) is 10.2 Å². The topological polar surface area (TPSA) is 68.9 Å². The number of rotatable bonds is 1. The minimum Gasteiger partial charge on any atom is -0.390 e. The average Bonchev–Trinajstić information content (AvgIpc) is 1.94. The summed E-state index contributed by atoms with van der Waals surface area (Å²) >= 11 is 10.8. The second-order valence-electron chi connectivity index (χ2n) is 1.57. The van der Waals surface area contributed by atoms with Crippen molar-refractivity contribution in [2.45, 2.75) is 0 Å². The molecule has 0 saturated carbocycles. The Morgan fingerprint density at radius 1 is 1.55 bits per heavy atom. The Hall–Kier alpha value is -0.940. The Morgan fingerprint density at radius 3 is 2.64 bits per heavy atom. The highest BCUT2D eigenvalue weighted by Crippen LogP contribution is 2.19. The summed E-state index contributed by atoms with van der Waals surface area (Å²) < 4.78 is 0. The molecule has 0 atom stereocenters. The second-order valence-corrected chi connectivity index (χ2v) is 2.33. The number of nitrogens with zero attached hydrogens (tertiary/aromatic N) is 3. The van der Waals surface area contributed by atoms with Crippen LogP contribution in [-0.4, -0.2) is 14.9 Å². The van der Waals surface area contributed by atoms with Gasteiger partial charge in [-0.1, -0.05) is 21.6 Å². The summed E-state index contributed by atoms with van der Waals surface area (Å²) in [5, 5.41) is 10.0. The Bertz CT molecular complexity index is 303. The summed E-state index contributed by atoms with van der Waals surface area (Å²) in [5.74, 6) is -0.556. The summed E-state index contributed by atoms with van der Waals surface area (Å²) in [4.78, 5) is 15.9. The number of hydrogen-bond donors (Lipinski definition) is 0. The van der Waals surface area contributed by atoms with Crippen molar-refractivity contribution < 1.29 is 4.92 Å². The molecule has 0 radical (unpaired) electrons. The molecule has 1 rings (SSSR count). The van der Waals surface area contributed by atoms with Gasteiger partial charge in [-0.3, -0.25) is 0 Å². The van der Waals surface area contributed by atoms with Crippen LogP contribution in [-0.2, 0) is 0 Å². The SMILES string of the molecule is O=[N+]([O-])c1ncc(Cl)c(Cl)n1. The van der Waals surface area contributed by atoms with E-state index in [1.54, 1.807) is 0 Å². The van der Waals surface area contributed by atoms with Crippen molar-refractivity contribution >= 4 is 29.2 Å². The minimum absolute atomic E-state index is 0.0947. The third-order valence-corrected chi connectivity index (χ3v) is 1.51. The fourth-order valence-corrected chi connectivity index (χ4v) is 0.641. The molecule has 11 heavy (non-hydrogen) atoms. The van der Waals surface area contributed by atoms with Crippen LogP contribution in [0, 0.1) is 10.1 Å². The normalized spacial score (nSPS) is 9.64. The Labute approximate surface area is 71.1 Å². The van der Waals surface area contributed by atoms with E-state index in [4.69, 9.17) is 23.2 Å². The lowest BCUT2D eigenvalue weighted by molar-refractivity contribution is -0.394. The molecule has 1 heterocycles. The summed E-state index contributed by atoms with van der Waals surface area (Å²) in [5.41, 5.74) is 0. The predicted octanol–water partition coefficient (Wildman–Crippen LogP) is 1.69. The third kappa shape index (κ3) is 1.75. The molecular formula is C4HCl2N3O2. The van der Waals surface area contributed by atoms with E-state index in [-0.39, 0.29) is 10.2 Å². The molecule has 0 aromatic carbocycles. The minimum atomic E-state index is -0.748. The van der Waals surface area contributed by atoms with E-state index in [2.05, 4.69) is 9.97 Å². The van der Waals surface area contributed by atoms with Crippen molar-refractivity contribution in [1.29, 1.82) is 0 Å². The molecule has 0 saturated heterocycles. The van der Waals surface area contributed by atoms with E-state index in [0.717, 1.165) is 6.20 Å². The van der Waals surface area contributed by atoms with Crippen LogP contribution < -0.4 is 0 Å². The molecule has 0 amide bonds. The zero-order valence-corrected chi connectivity index (χ0v) is 6.50. The van der Waals surface area contributed by atoms with Gasteiger partial charge in [0.2, 0.25) is 5.15 Å². The smallest absolute Gasteiger partial charge is 0.390 e. The van der Waals surface area contributed by atoms with Crippen LogP contribution in [0.4, 0.5) is 5.95 Å². The van der Waals surface area contributed by atoms with Crippen LogP contribution in [0.5, 0.6) is 0 Å². The number of nitro groups is 1. The van der Waals surface area contributed by atoms with Gasteiger partial charge in [0.05, 0.1) is 0 Å². The predicted molar refractivity (Wildman–Crippen MR) is 38.7 cm³/mol. The highest BCUT2D eigenvalue weighted by molar-refractivity contribution is 6.41. The first-order valence-corrected chi connectivity index (χ1v) is 3.19. The largest absolute Gasteiger partial charge is 0.470 e. The van der Waals surface area contributed by atoms with Crippen molar-refractivity contribution in [2.75, 3.05) is 0 Å². The van der Waals surface area contributed by atoms with Gasteiger partial charge in [0.15, 0.2) is 0 Å². The van der Waals surface area contributed by atoms with Crippen molar-refractivity contribution in [1.82, 2.24) is 9.97 Å². The van der Waals surface area contributed by atoms with Gasteiger partial charge in [0.25, 0.3) is 0 Å². The van der Waals surface area contributed by atoms with Gasteiger partial charge in [0.1, 0.15) is 11.2 Å². The van der Waals surface area contributed by atoms with E-state index >= 15 is 0 Å². The molecule has 0 N–H and O–H groups in total. The average molecular weight is 194 g/mol. The molecule has 0 aliphatic rings. The van der Waals surface area contributed by atoms with Crippen LogP contribution in [0.1, 0.15) is 0 Å². The monoisotopic (exact) mass is 193 g/mol. The Morgan fingerprint density at radius 2 is 2.18 bits per heavy atom. The molecular weight excluding hydrogens is 193 g/mol. The molecule has 0 aliphatic carbocycles. The molecule has 1 aromatic rings. The second kappa shape index (κ2) is 2.98. The molecule has 58 valence electrons. The van der Waals surface area contributed by atoms with Gasteiger partial charge in [0, 0.05) is 0 Å². The molecule has 0 aliphatic heterocycles. The van der Waals surface area contributed by atoms with Gasteiger partial charge >= 0.3 is 5.95 Å². The van der Waals surface area contributed by atoms with E-state index in [0.29, 0.717) is 0 Å². The van der Waals surface area contributed by atoms with Gasteiger partial charge in [-0.25, -0.2) is 0 Å². The van der Waals surface area contributed by atoms with E-state index < -0.39 is 10.9 Å². The quantitative estimate of drug-likeness (QED) is 0.387. The first-order chi connectivity index (χ1) is 5.11. The standard InChI is InChI=1S/C4HCl2N3O2/c5-2-1-7-4(9(10)11)8-3(2)6/h1H. The van der Waals surface area contributed by atoms with Gasteiger partial charge in [-0.15, -0.1) is 0 Å². The third-order valence-electron chi connectivity index (χ3n) is 0.852. The summed E-state index contributed by atoms with van der Waals surface area (Å²) in [6, 6.07) is 0. The van der Waals surface area contributed by atoms with Gasteiger partial charge < -0.3 is 10.1 Å². The lowest BCUT2D eigenvalue weighted by Crippen LogP contribution is -1.95. The van der Waals surface area contributed by atoms with E-state index in [9.17, 15) is 10.1 Å². The van der Waals surface area contributed by atoms with Crippen molar-refractivity contribution in [3.8, 4) is 0 Å². The number of hydrogen-bond acceptors (Lipinski definition) is 4. The molecule has 7 heteroatoms. The highest BCUT2D eigenvalue weighted by atomic mass is 35.5. The van der Waals surface area contributed by atoms with E-state index in [1.165, 1.54) is 0 Å². The summed E-state index contributed by atoms with van der Waals surface area (Å²) in [7, 11) is 0. The first kappa shape index (κ1) is 8.16. The lowest BCUT2D eigenvalue weighted by atomic mass is 10.7. The van der Waals surface area contributed by atoms with Crippen LogP contribution in [0.25, 0.3) is 0 Å². The lowest BCUT2D eigenvalue weighted by Gasteiger charge is -1.90. The maximum absolute atomic E-state index is 10.0. The molecule has 0 spiro atoms. The van der Waals surface area contributed by atoms with Crippen molar-refractivity contribution in [2.24, 2.45) is 0 Å². The van der Waals surface area contributed by atoms with E-state index in [1.807, 2.05) is 0 Å². The van der Waals surface area contributed by atoms with Crippen molar-refractivity contribution in [3.63, 3.8) is 0 Å². The van der Waals surface area contributed by atoms with Crippen LogP contribution >= 0.6 is 23.2 Å². The van der Waals surface area contributed by atoms with Crippen molar-refractivity contribution in [3.05, 3.63) is 26.5 Å². The zero-order chi connectivity index (χ0) is 8.43. The number of aromatic nitrogens is 2. The zero-order valence-electron chi connectivity index (χ0n) is 4.99. The van der Waals surface area contributed by atoms with Gasteiger partial charge in [-0.05, 0) is 16.5 Å². The fraction of sp³-hybridized carbons (Fsp3) is 0. The fourth-order valence-electron chi connectivity index (χ4n) is 0.426. The molecule has 0 fully saturated rings. The summed E-state index contributed by atoms with van der Waals surface area (Å²) in [6.07, 6.45) is 1.08.